The monoisotopic (exact) mass is 378 g/mol. The van der Waals surface area contributed by atoms with Gasteiger partial charge < -0.3 is 10.1 Å². The molecule has 0 aliphatic carbocycles. The molecule has 0 aromatic heterocycles. The van der Waals surface area contributed by atoms with E-state index in [-0.39, 0.29) is 34.5 Å². The minimum absolute atomic E-state index is 0.0530. The summed E-state index contributed by atoms with van der Waals surface area (Å²) in [5.74, 6) is -0.935. The molecule has 2 aromatic rings. The quantitative estimate of drug-likeness (QED) is 0.417. The van der Waals surface area contributed by atoms with Gasteiger partial charge in [-0.25, -0.2) is 4.39 Å². The van der Waals surface area contributed by atoms with Crippen LogP contribution in [-0.2, 0) is 0 Å². The molecule has 0 heterocycles. The highest BCUT2D eigenvalue weighted by molar-refractivity contribution is 7.80. The van der Waals surface area contributed by atoms with Crippen molar-refractivity contribution in [2.45, 2.75) is 6.92 Å². The maximum absolute atomic E-state index is 12.8. The number of hydrazine groups is 1. The van der Waals surface area contributed by atoms with Crippen molar-refractivity contribution in [3.63, 3.8) is 0 Å². The topological polar surface area (TPSA) is 106 Å². The number of hydrogen-bond donors (Lipinski definition) is 3. The van der Waals surface area contributed by atoms with Crippen molar-refractivity contribution in [3.8, 4) is 5.75 Å². The van der Waals surface area contributed by atoms with Crippen LogP contribution in [0.4, 0.5) is 15.8 Å². The molecule has 0 radical (unpaired) electrons. The molecular weight excluding hydrogens is 363 g/mol. The number of thiocarbonyl (C=S) groups is 1. The Labute approximate surface area is 153 Å². The summed E-state index contributed by atoms with van der Waals surface area (Å²) in [4.78, 5) is 22.6. The Kier molecular flexibility index (Phi) is 6.39. The Morgan fingerprint density at radius 2 is 1.92 bits per heavy atom. The summed E-state index contributed by atoms with van der Waals surface area (Å²) in [6.45, 7) is 1.96. The summed E-state index contributed by atoms with van der Waals surface area (Å²) in [6, 6.07) is 9.31. The van der Waals surface area contributed by atoms with Gasteiger partial charge in [-0.1, -0.05) is 0 Å². The summed E-state index contributed by atoms with van der Waals surface area (Å²) in [5.41, 5.74) is 5.04. The summed E-state index contributed by atoms with van der Waals surface area (Å²) < 4.78 is 18.0. The van der Waals surface area contributed by atoms with Crippen molar-refractivity contribution in [3.05, 3.63) is 64.0 Å². The lowest BCUT2D eigenvalue weighted by Gasteiger charge is -2.12. The summed E-state index contributed by atoms with van der Waals surface area (Å²) in [6.07, 6.45) is 0. The molecule has 0 bridgehead atoms. The summed E-state index contributed by atoms with van der Waals surface area (Å²) in [7, 11) is 0. The van der Waals surface area contributed by atoms with Gasteiger partial charge in [0.15, 0.2) is 10.9 Å². The highest BCUT2D eigenvalue weighted by Crippen LogP contribution is 2.27. The number of hydrogen-bond acceptors (Lipinski definition) is 5. The third kappa shape index (κ3) is 5.11. The number of nitrogens with zero attached hydrogens (tertiary/aromatic N) is 1. The van der Waals surface area contributed by atoms with Crippen molar-refractivity contribution in [2.75, 3.05) is 11.9 Å². The molecule has 26 heavy (non-hydrogen) atoms. The van der Waals surface area contributed by atoms with Crippen LogP contribution in [0.3, 0.4) is 0 Å². The molecule has 1 amide bonds. The van der Waals surface area contributed by atoms with E-state index >= 15 is 0 Å². The van der Waals surface area contributed by atoms with Crippen molar-refractivity contribution in [1.29, 1.82) is 0 Å². The van der Waals surface area contributed by atoms with Gasteiger partial charge in [-0.2, -0.15) is 0 Å². The van der Waals surface area contributed by atoms with Gasteiger partial charge in [0.05, 0.1) is 11.5 Å². The van der Waals surface area contributed by atoms with Crippen LogP contribution in [0.5, 0.6) is 5.75 Å². The van der Waals surface area contributed by atoms with Crippen LogP contribution in [0.2, 0.25) is 0 Å². The van der Waals surface area contributed by atoms with Gasteiger partial charge in [-0.3, -0.25) is 25.8 Å². The van der Waals surface area contributed by atoms with Crippen molar-refractivity contribution >= 4 is 34.6 Å². The van der Waals surface area contributed by atoms with E-state index in [9.17, 15) is 19.3 Å². The number of rotatable bonds is 5. The summed E-state index contributed by atoms with van der Waals surface area (Å²) in [5, 5.41) is 13.9. The largest absolute Gasteiger partial charge is 0.487 e. The fourth-order valence-corrected chi connectivity index (χ4v) is 2.13. The first-order chi connectivity index (χ1) is 12.4. The average molecular weight is 378 g/mol. The first-order valence-corrected chi connectivity index (χ1v) is 7.85. The van der Waals surface area contributed by atoms with Crippen LogP contribution in [-0.4, -0.2) is 22.5 Å². The molecule has 8 nitrogen and oxygen atoms in total. The second-order valence-corrected chi connectivity index (χ2v) is 5.32. The lowest BCUT2D eigenvalue weighted by molar-refractivity contribution is -0.385. The maximum Gasteiger partial charge on any atom is 0.311 e. The number of benzene rings is 2. The standard InChI is InChI=1S/C16H15FN4O4S/c1-2-25-14-8-3-10(9-13(14)21(23)24)15(22)19-20-16(26)18-12-6-4-11(17)5-7-12/h3-9H,2H2,1H3,(H,19,22)(H2,18,20,26). The zero-order chi connectivity index (χ0) is 19.1. The van der Waals surface area contributed by atoms with Crippen LogP contribution in [0, 0.1) is 15.9 Å². The lowest BCUT2D eigenvalue weighted by atomic mass is 10.2. The van der Waals surface area contributed by atoms with Gasteiger partial charge >= 0.3 is 5.69 Å². The zero-order valence-electron chi connectivity index (χ0n) is 13.6. The molecule has 10 heteroatoms. The number of anilines is 1. The Morgan fingerprint density at radius 1 is 1.23 bits per heavy atom. The van der Waals surface area contributed by atoms with Crippen LogP contribution in [0.1, 0.15) is 17.3 Å². The Morgan fingerprint density at radius 3 is 2.54 bits per heavy atom. The van der Waals surface area contributed by atoms with Crippen LogP contribution in [0.25, 0.3) is 0 Å². The smallest absolute Gasteiger partial charge is 0.311 e. The molecule has 0 atom stereocenters. The van der Waals surface area contributed by atoms with Gasteiger partial charge in [-0.15, -0.1) is 0 Å². The highest BCUT2D eigenvalue weighted by atomic mass is 32.1. The Bertz CT molecular complexity index is 829. The molecule has 0 spiro atoms. The van der Waals surface area contributed by atoms with Crippen molar-refractivity contribution in [1.82, 2.24) is 10.9 Å². The van der Waals surface area contributed by atoms with E-state index in [4.69, 9.17) is 17.0 Å². The number of carbonyl (C=O) groups is 1. The zero-order valence-corrected chi connectivity index (χ0v) is 14.4. The van der Waals surface area contributed by atoms with E-state index in [2.05, 4.69) is 16.2 Å². The van der Waals surface area contributed by atoms with Crippen molar-refractivity contribution < 1.29 is 18.8 Å². The third-order valence-electron chi connectivity index (χ3n) is 3.11. The van der Waals surface area contributed by atoms with Crippen LogP contribution >= 0.6 is 12.2 Å². The van der Waals surface area contributed by atoms with Crippen LogP contribution in [0.15, 0.2) is 42.5 Å². The van der Waals surface area contributed by atoms with E-state index in [0.29, 0.717) is 5.69 Å². The minimum Gasteiger partial charge on any atom is -0.487 e. The first kappa shape index (κ1) is 19.1. The fraction of sp³-hybridized carbons (Fsp3) is 0.125. The van der Waals surface area contributed by atoms with E-state index in [1.807, 2.05) is 0 Å². The molecule has 0 saturated heterocycles. The summed E-state index contributed by atoms with van der Waals surface area (Å²) >= 11 is 5.00. The number of halogens is 1. The number of amides is 1. The predicted octanol–water partition coefficient (Wildman–Crippen LogP) is 2.76. The van der Waals surface area contributed by atoms with Gasteiger partial charge in [-0.05, 0) is 55.5 Å². The van der Waals surface area contributed by atoms with E-state index < -0.39 is 10.8 Å². The average Bonchev–Trinajstić information content (AvgIpc) is 2.62. The van der Waals surface area contributed by atoms with Crippen molar-refractivity contribution in [2.24, 2.45) is 0 Å². The second-order valence-electron chi connectivity index (χ2n) is 4.91. The van der Waals surface area contributed by atoms with Crippen LogP contribution < -0.4 is 20.9 Å². The molecule has 0 aliphatic heterocycles. The van der Waals surface area contributed by atoms with Gasteiger partial charge in [0.1, 0.15) is 5.82 Å². The molecule has 0 saturated carbocycles. The molecule has 0 fully saturated rings. The Balaban J connectivity index is 1.98. The lowest BCUT2D eigenvalue weighted by Crippen LogP contribution is -2.43. The second kappa shape index (κ2) is 8.72. The number of nitrogens with one attached hydrogen (secondary N) is 3. The number of nitro groups is 1. The first-order valence-electron chi connectivity index (χ1n) is 7.45. The molecule has 0 aliphatic rings. The number of ether oxygens (including phenoxy) is 1. The SMILES string of the molecule is CCOc1ccc(C(=O)NNC(=S)Nc2ccc(F)cc2)cc1[N+](=O)[O-]. The molecule has 3 N–H and O–H groups in total. The molecule has 136 valence electrons. The molecule has 2 rings (SSSR count). The molecular formula is C16H15FN4O4S. The van der Waals surface area contributed by atoms with E-state index in [0.717, 1.165) is 6.07 Å². The normalized spacial score (nSPS) is 9.92. The van der Waals surface area contributed by atoms with Gasteiger partial charge in [0, 0.05) is 17.3 Å². The van der Waals surface area contributed by atoms with Gasteiger partial charge in [0.25, 0.3) is 5.91 Å². The highest BCUT2D eigenvalue weighted by Gasteiger charge is 2.18. The van der Waals surface area contributed by atoms with E-state index in [1.54, 1.807) is 6.92 Å². The Hall–Kier alpha value is -3.27. The number of nitro benzene ring substituents is 1. The molecule has 0 unspecified atom stereocenters. The molecule has 2 aromatic carbocycles. The third-order valence-corrected chi connectivity index (χ3v) is 3.31. The fourth-order valence-electron chi connectivity index (χ4n) is 1.96. The predicted molar refractivity (Wildman–Crippen MR) is 97.5 cm³/mol. The number of carbonyl (C=O) groups excluding carboxylic acids is 1. The minimum atomic E-state index is -0.629. The maximum atomic E-state index is 12.8. The van der Waals surface area contributed by atoms with E-state index in [1.165, 1.54) is 36.4 Å². The van der Waals surface area contributed by atoms with Gasteiger partial charge in [0.2, 0.25) is 0 Å².